The predicted molar refractivity (Wildman–Crippen MR) is 124 cm³/mol. The van der Waals surface area contributed by atoms with Crippen LogP contribution in [0, 0.1) is 5.82 Å². The number of nitrogens with one attached hydrogen (secondary N) is 3. The van der Waals surface area contributed by atoms with Crippen LogP contribution in [0.3, 0.4) is 0 Å². The third-order valence-corrected chi connectivity index (χ3v) is 5.34. The third-order valence-electron chi connectivity index (χ3n) is 5.34. The Morgan fingerprint density at radius 1 is 1.08 bits per heavy atom. The lowest BCUT2D eigenvalue weighted by atomic mass is 10.0. The Morgan fingerprint density at radius 3 is 2.57 bits per heavy atom. The Hall–Kier alpha value is -4.68. The average Bonchev–Trinajstić information content (AvgIpc) is 3.30. The smallest absolute Gasteiger partial charge is 0.480 e. The van der Waals surface area contributed by atoms with Gasteiger partial charge in [0, 0.05) is 36.3 Å². The molecule has 0 bridgehead atoms. The highest BCUT2D eigenvalue weighted by Gasteiger charge is 2.32. The Balaban J connectivity index is 1.58. The van der Waals surface area contributed by atoms with E-state index >= 15 is 0 Å². The maximum Gasteiger partial charge on any atom is 0.573 e. The Kier molecular flexibility index (Phi) is 6.96. The zero-order valence-corrected chi connectivity index (χ0v) is 19.4. The van der Waals surface area contributed by atoms with Gasteiger partial charge < -0.3 is 20.1 Å². The van der Waals surface area contributed by atoms with Gasteiger partial charge in [0.05, 0.1) is 12.6 Å². The number of halogens is 4. The Morgan fingerprint density at radius 2 is 1.86 bits per heavy atom. The summed E-state index contributed by atoms with van der Waals surface area (Å²) >= 11 is 0. The summed E-state index contributed by atoms with van der Waals surface area (Å²) in [5.41, 5.74) is 1.78. The molecule has 192 valence electrons. The number of alkyl halides is 3. The van der Waals surface area contributed by atoms with Gasteiger partial charge in [-0.25, -0.2) is 9.37 Å². The number of hydrogen-bond donors (Lipinski definition) is 3. The van der Waals surface area contributed by atoms with Gasteiger partial charge in [-0.1, -0.05) is 18.2 Å². The van der Waals surface area contributed by atoms with E-state index in [4.69, 9.17) is 4.74 Å². The minimum atomic E-state index is -5.06. The van der Waals surface area contributed by atoms with Gasteiger partial charge >= 0.3 is 6.36 Å². The van der Waals surface area contributed by atoms with E-state index in [2.05, 4.69) is 30.6 Å². The summed E-state index contributed by atoms with van der Waals surface area (Å²) < 4.78 is 60.7. The van der Waals surface area contributed by atoms with Crippen molar-refractivity contribution in [3.63, 3.8) is 0 Å². The number of ether oxygens (including phenoxy) is 2. The summed E-state index contributed by atoms with van der Waals surface area (Å²) in [6.45, 7) is -0.421. The molecule has 37 heavy (non-hydrogen) atoms. The van der Waals surface area contributed by atoms with Crippen molar-refractivity contribution in [2.45, 2.75) is 12.9 Å². The molecule has 3 N–H and O–H groups in total. The molecule has 0 aliphatic rings. The molecule has 2 heterocycles. The van der Waals surface area contributed by atoms with Crippen LogP contribution in [0.1, 0.15) is 26.4 Å². The summed E-state index contributed by atoms with van der Waals surface area (Å²) in [5.74, 6) is -3.31. The zero-order chi connectivity index (χ0) is 26.7. The number of amides is 2. The van der Waals surface area contributed by atoms with E-state index < -0.39 is 30.4 Å². The highest BCUT2D eigenvalue weighted by molar-refractivity contribution is 6.05. The van der Waals surface area contributed by atoms with Crippen LogP contribution in [0.4, 0.5) is 17.6 Å². The van der Waals surface area contributed by atoms with Crippen LogP contribution in [-0.4, -0.2) is 47.5 Å². The normalized spacial score (nSPS) is 11.3. The minimum Gasteiger partial charge on any atom is -0.480 e. The number of methoxy groups -OCH3 is 1. The second-order valence-corrected chi connectivity index (χ2v) is 7.65. The van der Waals surface area contributed by atoms with Crippen molar-refractivity contribution >= 4 is 22.7 Å². The lowest BCUT2D eigenvalue weighted by molar-refractivity contribution is -0.275. The molecule has 0 atom stereocenters. The molecule has 0 aliphatic carbocycles. The highest BCUT2D eigenvalue weighted by Crippen LogP contribution is 2.29. The molecule has 2 amide bonds. The third kappa shape index (κ3) is 5.44. The number of H-pyrrole nitrogens is 1. The monoisotopic (exact) mass is 517 g/mol. The number of fused-ring (bicyclic) bond motifs is 1. The number of hydrogen-bond acceptors (Lipinski definition) is 6. The summed E-state index contributed by atoms with van der Waals surface area (Å²) in [6, 6.07) is 9.86. The van der Waals surface area contributed by atoms with Crippen LogP contribution in [0.15, 0.2) is 48.7 Å². The van der Waals surface area contributed by atoms with Crippen molar-refractivity contribution < 1.29 is 36.6 Å². The fourth-order valence-corrected chi connectivity index (χ4v) is 3.59. The number of aromatic amines is 1. The Bertz CT molecular complexity index is 1490. The summed E-state index contributed by atoms with van der Waals surface area (Å²) in [7, 11) is 2.81. The van der Waals surface area contributed by atoms with Gasteiger partial charge in [-0.3, -0.25) is 14.7 Å². The van der Waals surface area contributed by atoms with E-state index in [1.165, 1.54) is 38.6 Å². The first-order chi connectivity index (χ1) is 17.6. The van der Waals surface area contributed by atoms with Gasteiger partial charge in [0.15, 0.2) is 17.3 Å². The lowest BCUT2D eigenvalue weighted by Crippen LogP contribution is -2.24. The first-order valence-electron chi connectivity index (χ1n) is 10.7. The first-order valence-corrected chi connectivity index (χ1v) is 10.7. The first kappa shape index (κ1) is 25.4. The van der Waals surface area contributed by atoms with E-state index in [9.17, 15) is 27.2 Å². The maximum atomic E-state index is 14.4. The van der Waals surface area contributed by atoms with Crippen LogP contribution in [0.25, 0.3) is 22.0 Å². The molecule has 0 radical (unpaired) electrons. The molecule has 0 saturated heterocycles. The van der Waals surface area contributed by atoms with Gasteiger partial charge in [-0.15, -0.1) is 13.2 Å². The molecule has 0 unspecified atom stereocenters. The quantitative estimate of drug-likeness (QED) is 0.320. The van der Waals surface area contributed by atoms with Crippen LogP contribution in [0.2, 0.25) is 0 Å². The Labute approximate surface area is 206 Å². The number of nitrogens with zero attached hydrogens (tertiary/aromatic N) is 2. The molecule has 0 saturated carbocycles. The van der Waals surface area contributed by atoms with E-state index in [0.717, 1.165) is 6.07 Å². The molecule has 13 heteroatoms. The summed E-state index contributed by atoms with van der Waals surface area (Å²) in [4.78, 5) is 29.0. The van der Waals surface area contributed by atoms with Gasteiger partial charge in [0.25, 0.3) is 11.8 Å². The second-order valence-electron chi connectivity index (χ2n) is 7.65. The molecule has 4 aromatic rings. The standard InChI is InChI=1S/C24H19F4N5O4/c1-29-22(35)20-15-7-6-12(9-17(15)32-33-20)14-8-16(23(36-2)31-11-14)21(34)30-10-13-4-3-5-18(19(13)25)37-24(26,27)28/h3-9,11H,10H2,1-2H3,(H,29,35)(H,30,34)(H,32,33). The highest BCUT2D eigenvalue weighted by atomic mass is 19.4. The zero-order valence-electron chi connectivity index (χ0n) is 19.4. The van der Waals surface area contributed by atoms with Gasteiger partial charge in [-0.05, 0) is 29.8 Å². The fourth-order valence-electron chi connectivity index (χ4n) is 3.59. The fraction of sp³-hybridized carbons (Fsp3) is 0.167. The number of rotatable bonds is 7. The number of pyridine rings is 1. The molecule has 4 rings (SSSR count). The van der Waals surface area contributed by atoms with Gasteiger partial charge in [0.2, 0.25) is 5.88 Å². The predicted octanol–water partition coefficient (Wildman–Crippen LogP) is 3.96. The molecule has 2 aromatic carbocycles. The van der Waals surface area contributed by atoms with E-state index in [1.54, 1.807) is 18.2 Å². The number of benzene rings is 2. The summed E-state index contributed by atoms with van der Waals surface area (Å²) in [5, 5.41) is 12.4. The van der Waals surface area contributed by atoms with Crippen molar-refractivity contribution in [3.8, 4) is 22.8 Å². The number of carbonyl (C=O) groups is 2. The molecular formula is C24H19F4N5O4. The van der Waals surface area contributed by atoms with Gasteiger partial charge in [-0.2, -0.15) is 5.10 Å². The van der Waals surface area contributed by atoms with Crippen molar-refractivity contribution in [1.29, 1.82) is 0 Å². The number of aromatic nitrogens is 3. The number of carbonyl (C=O) groups excluding carboxylic acids is 2. The van der Waals surface area contributed by atoms with E-state index in [0.29, 0.717) is 22.0 Å². The van der Waals surface area contributed by atoms with Crippen molar-refractivity contribution in [2.24, 2.45) is 0 Å². The lowest BCUT2D eigenvalue weighted by Gasteiger charge is -2.13. The average molecular weight is 517 g/mol. The minimum absolute atomic E-state index is 0.0128. The van der Waals surface area contributed by atoms with Crippen LogP contribution >= 0.6 is 0 Å². The molecular weight excluding hydrogens is 498 g/mol. The summed E-state index contributed by atoms with van der Waals surface area (Å²) in [6.07, 6.45) is -3.59. The molecule has 0 spiro atoms. The van der Waals surface area contributed by atoms with E-state index in [1.807, 2.05) is 0 Å². The van der Waals surface area contributed by atoms with Crippen molar-refractivity contribution in [2.75, 3.05) is 14.2 Å². The van der Waals surface area contributed by atoms with Crippen LogP contribution in [0.5, 0.6) is 11.6 Å². The topological polar surface area (TPSA) is 118 Å². The van der Waals surface area contributed by atoms with Crippen LogP contribution < -0.4 is 20.1 Å². The molecule has 0 fully saturated rings. The second kappa shape index (κ2) is 10.1. The van der Waals surface area contributed by atoms with Crippen LogP contribution in [-0.2, 0) is 6.54 Å². The largest absolute Gasteiger partial charge is 0.573 e. The van der Waals surface area contributed by atoms with E-state index in [-0.39, 0.29) is 28.6 Å². The SMILES string of the molecule is CNC(=O)c1n[nH]c2cc(-c3cnc(OC)c(C(=O)NCc4cccc(OC(F)(F)F)c4F)c3)ccc12. The van der Waals surface area contributed by atoms with Crippen molar-refractivity contribution in [3.05, 3.63) is 71.3 Å². The molecule has 9 nitrogen and oxygen atoms in total. The van der Waals surface area contributed by atoms with Crippen molar-refractivity contribution in [1.82, 2.24) is 25.8 Å². The maximum absolute atomic E-state index is 14.4. The molecule has 0 aliphatic heterocycles. The van der Waals surface area contributed by atoms with Gasteiger partial charge in [0.1, 0.15) is 5.56 Å². The molecule has 2 aromatic heterocycles.